The molecule has 5 heteroatoms. The number of amides is 1. The van der Waals surface area contributed by atoms with Gasteiger partial charge >= 0.3 is 11.9 Å². The zero-order valence-electron chi connectivity index (χ0n) is 8.53. The molecule has 1 aromatic carbocycles. The van der Waals surface area contributed by atoms with Crippen LogP contribution in [0.2, 0.25) is 0 Å². The van der Waals surface area contributed by atoms with Crippen LogP contribution in [0.25, 0.3) is 4.85 Å². The Morgan fingerprint density at radius 2 is 1.94 bits per heavy atom. The quantitative estimate of drug-likeness (QED) is 0.621. The Balaban J connectivity index is 2.75. The van der Waals surface area contributed by atoms with Crippen LogP contribution in [-0.2, 0) is 9.59 Å². The number of anilines is 1. The highest BCUT2D eigenvalue weighted by Crippen LogP contribution is 2.09. The zero-order chi connectivity index (χ0) is 12.1. The Kier molecular flexibility index (Phi) is 3.72. The van der Waals surface area contributed by atoms with E-state index in [1.54, 1.807) is 0 Å². The first-order valence-electron chi connectivity index (χ1n) is 4.48. The molecule has 0 saturated carbocycles. The summed E-state index contributed by atoms with van der Waals surface area (Å²) in [6, 6.07) is 3.72. The van der Waals surface area contributed by atoms with E-state index in [1.165, 1.54) is 31.2 Å². The van der Waals surface area contributed by atoms with Gasteiger partial charge in [-0.3, -0.25) is 14.4 Å². The van der Waals surface area contributed by atoms with E-state index in [-0.39, 0.29) is 0 Å². The van der Waals surface area contributed by atoms with Crippen molar-refractivity contribution in [2.24, 2.45) is 0 Å². The molecule has 1 unspecified atom stereocenters. The van der Waals surface area contributed by atoms with Crippen molar-refractivity contribution in [3.05, 3.63) is 41.5 Å². The topological polar surface area (TPSA) is 50.5 Å². The fraction of sp³-hybridized carbons (Fsp3) is 0.182. The first-order chi connectivity index (χ1) is 7.54. The Hall–Kier alpha value is -2.22. The molecule has 0 aromatic heterocycles. The Bertz CT molecular complexity index is 448. The lowest BCUT2D eigenvalue weighted by atomic mass is 10.2. The molecule has 0 aliphatic carbocycles. The monoisotopic (exact) mass is 220 g/mol. The third kappa shape index (κ3) is 2.89. The number of carbonyl (C=O) groups excluding carboxylic acids is 2. The van der Waals surface area contributed by atoms with Crippen LogP contribution in [0.1, 0.15) is 6.92 Å². The van der Waals surface area contributed by atoms with Crippen LogP contribution < -0.4 is 5.32 Å². The molecular weight excluding hydrogens is 211 g/mol. The maximum absolute atomic E-state index is 12.6. The Labute approximate surface area is 91.9 Å². The van der Waals surface area contributed by atoms with E-state index in [4.69, 9.17) is 6.57 Å². The van der Waals surface area contributed by atoms with Gasteiger partial charge < -0.3 is 5.32 Å². The summed E-state index contributed by atoms with van der Waals surface area (Å²) < 4.78 is 12.6. The molecule has 0 radical (unpaired) electrons. The van der Waals surface area contributed by atoms with Crippen LogP contribution in [0.3, 0.4) is 0 Å². The van der Waals surface area contributed by atoms with Gasteiger partial charge in [-0.2, -0.15) is 0 Å². The van der Waals surface area contributed by atoms with E-state index in [0.29, 0.717) is 5.69 Å². The molecule has 1 N–H and O–H groups in total. The van der Waals surface area contributed by atoms with Crippen molar-refractivity contribution >= 4 is 17.4 Å². The van der Waals surface area contributed by atoms with Gasteiger partial charge in [0, 0.05) is 12.6 Å². The van der Waals surface area contributed by atoms with Gasteiger partial charge in [0.25, 0.3) is 0 Å². The maximum Gasteiger partial charge on any atom is 0.357 e. The fourth-order valence-electron chi connectivity index (χ4n) is 1.08. The molecule has 1 rings (SSSR count). The molecule has 0 spiro atoms. The van der Waals surface area contributed by atoms with Gasteiger partial charge in [0.05, 0.1) is 0 Å². The number of halogens is 1. The smallest absolute Gasteiger partial charge is 0.319 e. The van der Waals surface area contributed by atoms with E-state index >= 15 is 0 Å². The second-order valence-electron chi connectivity index (χ2n) is 3.14. The second kappa shape index (κ2) is 5.03. The van der Waals surface area contributed by atoms with E-state index in [2.05, 4.69) is 10.2 Å². The maximum atomic E-state index is 12.6. The number of benzene rings is 1. The van der Waals surface area contributed by atoms with E-state index in [9.17, 15) is 14.0 Å². The van der Waals surface area contributed by atoms with Crippen molar-refractivity contribution < 1.29 is 14.0 Å². The molecule has 82 valence electrons. The van der Waals surface area contributed by atoms with Gasteiger partial charge in [0.2, 0.25) is 5.78 Å². The molecule has 4 nitrogen and oxygen atoms in total. The predicted molar refractivity (Wildman–Crippen MR) is 56.1 cm³/mol. The number of carbonyl (C=O) groups is 2. The van der Waals surface area contributed by atoms with Gasteiger partial charge in [0.1, 0.15) is 5.82 Å². The minimum absolute atomic E-state index is 0.348. The standard InChI is InChI=1S/C11H9FN2O2/c1-7(15)10(13-2)11(16)14-9-5-3-8(12)4-6-9/h3-6,10H,1H3,(H,14,16). The average molecular weight is 220 g/mol. The van der Waals surface area contributed by atoms with E-state index in [0.717, 1.165) is 0 Å². The molecule has 0 aliphatic rings. The highest BCUT2D eigenvalue weighted by molar-refractivity contribution is 6.11. The molecule has 16 heavy (non-hydrogen) atoms. The summed E-state index contributed by atoms with van der Waals surface area (Å²) in [5.74, 6) is -1.64. The number of hydrogen-bond acceptors (Lipinski definition) is 2. The molecule has 0 heterocycles. The summed E-state index contributed by atoms with van der Waals surface area (Å²) in [5, 5.41) is 2.36. The minimum atomic E-state index is -1.34. The number of Topliss-reactive ketones (excluding diaryl/α,β-unsaturated/α-hetero) is 1. The lowest BCUT2D eigenvalue weighted by molar-refractivity contribution is -0.124. The molecule has 1 atom stereocenters. The first kappa shape index (κ1) is 11.9. The average Bonchev–Trinajstić information content (AvgIpc) is 2.22. The first-order valence-corrected chi connectivity index (χ1v) is 4.48. The highest BCUT2D eigenvalue weighted by Gasteiger charge is 2.28. The number of hydrogen-bond donors (Lipinski definition) is 1. The number of nitrogens with one attached hydrogen (secondary N) is 1. The Morgan fingerprint density at radius 3 is 2.38 bits per heavy atom. The summed E-state index contributed by atoms with van der Waals surface area (Å²) in [4.78, 5) is 25.3. The second-order valence-corrected chi connectivity index (χ2v) is 3.14. The van der Waals surface area contributed by atoms with Gasteiger partial charge in [-0.15, -0.1) is 0 Å². The van der Waals surface area contributed by atoms with Crippen molar-refractivity contribution in [2.45, 2.75) is 13.0 Å². The van der Waals surface area contributed by atoms with E-state index < -0.39 is 23.5 Å². The molecule has 0 fully saturated rings. The van der Waals surface area contributed by atoms with Crippen molar-refractivity contribution in [1.82, 2.24) is 0 Å². The largest absolute Gasteiger partial charge is 0.357 e. The summed E-state index contributed by atoms with van der Waals surface area (Å²) in [6.07, 6.45) is 0. The molecule has 1 amide bonds. The normalized spacial score (nSPS) is 11.3. The SMILES string of the molecule is [C-]#[N+]C(C(C)=O)C(=O)Nc1ccc(F)cc1. The van der Waals surface area contributed by atoms with Crippen molar-refractivity contribution in [3.8, 4) is 0 Å². The third-order valence-electron chi connectivity index (χ3n) is 1.87. The van der Waals surface area contributed by atoms with Crippen LogP contribution in [0.15, 0.2) is 24.3 Å². The molecule has 1 aromatic rings. The van der Waals surface area contributed by atoms with Crippen molar-refractivity contribution in [3.63, 3.8) is 0 Å². The fourth-order valence-corrected chi connectivity index (χ4v) is 1.08. The summed E-state index contributed by atoms with van der Waals surface area (Å²) in [5.41, 5.74) is 0.348. The molecule has 0 saturated heterocycles. The highest BCUT2D eigenvalue weighted by atomic mass is 19.1. The number of rotatable bonds is 3. The van der Waals surface area contributed by atoms with Crippen molar-refractivity contribution in [1.29, 1.82) is 0 Å². The summed E-state index contributed by atoms with van der Waals surface area (Å²) in [7, 11) is 0. The van der Waals surface area contributed by atoms with Crippen LogP contribution >= 0.6 is 0 Å². The number of ketones is 1. The Morgan fingerprint density at radius 1 is 1.38 bits per heavy atom. The molecular formula is C11H9FN2O2. The summed E-state index contributed by atoms with van der Waals surface area (Å²) in [6.45, 7) is 7.88. The van der Waals surface area contributed by atoms with Crippen molar-refractivity contribution in [2.75, 3.05) is 5.32 Å². The lowest BCUT2D eigenvalue weighted by Gasteiger charge is -2.04. The minimum Gasteiger partial charge on any atom is -0.319 e. The summed E-state index contributed by atoms with van der Waals surface area (Å²) >= 11 is 0. The number of nitrogens with zero attached hydrogens (tertiary/aromatic N) is 1. The predicted octanol–water partition coefficient (Wildman–Crippen LogP) is 1.64. The lowest BCUT2D eigenvalue weighted by Crippen LogP contribution is -2.30. The van der Waals surface area contributed by atoms with Gasteiger partial charge in [-0.1, -0.05) is 0 Å². The third-order valence-corrected chi connectivity index (χ3v) is 1.87. The van der Waals surface area contributed by atoms with E-state index in [1.807, 2.05) is 0 Å². The van der Waals surface area contributed by atoms with Crippen LogP contribution in [0.5, 0.6) is 0 Å². The van der Waals surface area contributed by atoms with Gasteiger partial charge in [0.15, 0.2) is 0 Å². The van der Waals surface area contributed by atoms with Gasteiger partial charge in [-0.25, -0.2) is 11.0 Å². The van der Waals surface area contributed by atoms with Crippen LogP contribution in [-0.4, -0.2) is 17.7 Å². The zero-order valence-corrected chi connectivity index (χ0v) is 8.53. The molecule has 0 aliphatic heterocycles. The van der Waals surface area contributed by atoms with Crippen LogP contribution in [0.4, 0.5) is 10.1 Å². The van der Waals surface area contributed by atoms with Crippen LogP contribution in [0, 0.1) is 12.4 Å². The molecule has 0 bridgehead atoms. The van der Waals surface area contributed by atoms with Gasteiger partial charge in [-0.05, 0) is 24.3 Å².